The number of hydrogen-bond acceptors (Lipinski definition) is 4. The molecule has 0 radical (unpaired) electrons. The molecule has 1 atom stereocenters. The first kappa shape index (κ1) is 17.9. The maximum Gasteiger partial charge on any atom is 0.228 e. The van der Waals surface area contributed by atoms with Crippen molar-refractivity contribution in [3.8, 4) is 17.4 Å². The summed E-state index contributed by atoms with van der Waals surface area (Å²) in [5.74, 6) is 1.88. The topological polar surface area (TPSA) is 60.1 Å². The van der Waals surface area contributed by atoms with E-state index in [9.17, 15) is 0 Å². The quantitative estimate of drug-likeness (QED) is 0.408. The Morgan fingerprint density at radius 3 is 2.62 bits per heavy atom. The van der Waals surface area contributed by atoms with E-state index >= 15 is 0 Å². The predicted octanol–water partition coefficient (Wildman–Crippen LogP) is 5.11. The van der Waals surface area contributed by atoms with Crippen LogP contribution in [-0.4, -0.2) is 16.7 Å². The third-order valence-electron chi connectivity index (χ3n) is 5.40. The van der Waals surface area contributed by atoms with Crippen LogP contribution in [0.1, 0.15) is 22.6 Å². The van der Waals surface area contributed by atoms with Gasteiger partial charge in [0, 0.05) is 23.0 Å². The van der Waals surface area contributed by atoms with Crippen LogP contribution in [0.5, 0.6) is 17.4 Å². The number of aryl methyl sites for hydroxylation is 1. The molecule has 0 bridgehead atoms. The molecule has 5 rings (SSSR count). The molecule has 2 heterocycles. The zero-order valence-corrected chi connectivity index (χ0v) is 17.5. The Morgan fingerprint density at radius 2 is 1.86 bits per heavy atom. The summed E-state index contributed by atoms with van der Waals surface area (Å²) >= 11 is 3.56. The Bertz CT molecular complexity index is 1310. The molecule has 0 amide bonds. The van der Waals surface area contributed by atoms with Crippen LogP contribution in [0.3, 0.4) is 0 Å². The van der Waals surface area contributed by atoms with Gasteiger partial charge < -0.3 is 14.0 Å². The number of nitrogens with zero attached hydrogens (tertiary/aromatic N) is 2. The van der Waals surface area contributed by atoms with Crippen LogP contribution < -0.4 is 15.0 Å². The largest absolute Gasteiger partial charge is 0.497 e. The zero-order valence-electron chi connectivity index (χ0n) is 15.9. The maximum absolute atomic E-state index is 8.73. The van der Waals surface area contributed by atoms with Gasteiger partial charge >= 0.3 is 0 Å². The van der Waals surface area contributed by atoms with Gasteiger partial charge in [0.2, 0.25) is 5.88 Å². The van der Waals surface area contributed by atoms with Crippen LogP contribution >= 0.6 is 15.9 Å². The molecule has 29 heavy (non-hydrogen) atoms. The average molecular weight is 448 g/mol. The summed E-state index contributed by atoms with van der Waals surface area (Å²) in [6, 6.07) is 18.3. The van der Waals surface area contributed by atoms with Gasteiger partial charge in [-0.1, -0.05) is 40.2 Å². The van der Waals surface area contributed by atoms with Crippen molar-refractivity contribution < 1.29 is 9.47 Å². The second-order valence-electron chi connectivity index (χ2n) is 7.07. The van der Waals surface area contributed by atoms with Crippen molar-refractivity contribution >= 4 is 26.7 Å². The lowest BCUT2D eigenvalue weighted by Gasteiger charge is -2.29. The van der Waals surface area contributed by atoms with Gasteiger partial charge in [0.15, 0.2) is 0 Å². The van der Waals surface area contributed by atoms with Crippen LogP contribution in [0.15, 0.2) is 65.4 Å². The van der Waals surface area contributed by atoms with E-state index in [0.29, 0.717) is 11.4 Å². The first-order valence-electron chi connectivity index (χ1n) is 9.21. The SMILES string of the molecule is COc1ccc(C2c3c(ncn(C)c3=N)Oc3ccc4cc(Br)ccc4c32)cc1. The zero-order chi connectivity index (χ0) is 20.1. The smallest absolute Gasteiger partial charge is 0.228 e. The number of rotatable bonds is 2. The summed E-state index contributed by atoms with van der Waals surface area (Å²) in [5.41, 5.74) is 3.27. The Hall–Kier alpha value is -3.12. The minimum atomic E-state index is -0.170. The van der Waals surface area contributed by atoms with Crippen molar-refractivity contribution in [3.63, 3.8) is 0 Å². The molecule has 3 aromatic carbocycles. The summed E-state index contributed by atoms with van der Waals surface area (Å²) in [5, 5.41) is 10.9. The molecule has 1 N–H and O–H groups in total. The van der Waals surface area contributed by atoms with Crippen molar-refractivity contribution in [2.75, 3.05) is 7.11 Å². The molecule has 4 aromatic rings. The van der Waals surface area contributed by atoms with E-state index in [-0.39, 0.29) is 5.92 Å². The van der Waals surface area contributed by atoms with E-state index in [1.165, 1.54) is 0 Å². The van der Waals surface area contributed by atoms with Crippen molar-refractivity contribution in [2.45, 2.75) is 5.92 Å². The fourth-order valence-corrected chi connectivity index (χ4v) is 4.35. The molecule has 0 aliphatic carbocycles. The van der Waals surface area contributed by atoms with E-state index in [0.717, 1.165) is 43.4 Å². The third kappa shape index (κ3) is 2.83. The predicted molar refractivity (Wildman–Crippen MR) is 115 cm³/mol. The highest BCUT2D eigenvalue weighted by Crippen LogP contribution is 2.48. The monoisotopic (exact) mass is 447 g/mol. The molecule has 1 aliphatic rings. The summed E-state index contributed by atoms with van der Waals surface area (Å²) < 4.78 is 14.2. The summed E-state index contributed by atoms with van der Waals surface area (Å²) in [7, 11) is 3.49. The normalized spacial score (nSPS) is 14.8. The Balaban J connectivity index is 1.86. The van der Waals surface area contributed by atoms with Crippen molar-refractivity contribution in [1.82, 2.24) is 9.55 Å². The fraction of sp³-hybridized carbons (Fsp3) is 0.130. The first-order chi connectivity index (χ1) is 14.1. The lowest BCUT2D eigenvalue weighted by Crippen LogP contribution is -2.28. The molecular weight excluding hydrogens is 430 g/mol. The maximum atomic E-state index is 8.73. The van der Waals surface area contributed by atoms with Gasteiger partial charge in [0.25, 0.3) is 0 Å². The molecule has 5 nitrogen and oxygen atoms in total. The number of nitrogens with one attached hydrogen (secondary N) is 1. The van der Waals surface area contributed by atoms with E-state index in [2.05, 4.69) is 39.1 Å². The number of benzene rings is 3. The van der Waals surface area contributed by atoms with E-state index < -0.39 is 0 Å². The number of methoxy groups -OCH3 is 1. The minimum Gasteiger partial charge on any atom is -0.497 e. The van der Waals surface area contributed by atoms with Gasteiger partial charge in [-0.25, -0.2) is 4.98 Å². The standard InChI is InChI=1S/C23H18BrN3O2/c1-27-12-26-23-21(22(27)25)19(13-3-7-16(28-2)8-4-13)20-17-9-6-15(24)11-14(17)5-10-18(20)29-23/h3-12,19,25H,1-2H3. The molecule has 0 saturated carbocycles. The summed E-state index contributed by atoms with van der Waals surface area (Å²) in [6.07, 6.45) is 1.62. The second kappa shape index (κ2) is 6.74. The van der Waals surface area contributed by atoms with Crippen LogP contribution in [0.25, 0.3) is 10.8 Å². The van der Waals surface area contributed by atoms with E-state index in [1.807, 2.05) is 43.4 Å². The lowest BCUT2D eigenvalue weighted by atomic mass is 9.81. The van der Waals surface area contributed by atoms with Crippen molar-refractivity contribution in [3.05, 3.63) is 87.6 Å². The molecule has 6 heteroatoms. The van der Waals surface area contributed by atoms with Crippen LogP contribution in [0.4, 0.5) is 0 Å². The second-order valence-corrected chi connectivity index (χ2v) is 7.99. The lowest BCUT2D eigenvalue weighted by molar-refractivity contribution is 0.414. The van der Waals surface area contributed by atoms with Crippen LogP contribution in [0.2, 0.25) is 0 Å². The number of aromatic nitrogens is 2. The van der Waals surface area contributed by atoms with Gasteiger partial charge in [-0.3, -0.25) is 5.41 Å². The van der Waals surface area contributed by atoms with E-state index in [1.54, 1.807) is 18.0 Å². The van der Waals surface area contributed by atoms with Crippen LogP contribution in [0, 0.1) is 5.41 Å². The Kier molecular flexibility index (Phi) is 4.17. The molecule has 144 valence electrons. The van der Waals surface area contributed by atoms with Crippen LogP contribution in [-0.2, 0) is 7.05 Å². The molecular formula is C23H18BrN3O2. The molecule has 1 aliphatic heterocycles. The number of fused-ring (bicyclic) bond motifs is 4. The fourth-order valence-electron chi connectivity index (χ4n) is 3.97. The molecule has 0 saturated heterocycles. The highest BCUT2D eigenvalue weighted by Gasteiger charge is 2.33. The van der Waals surface area contributed by atoms with E-state index in [4.69, 9.17) is 14.9 Å². The van der Waals surface area contributed by atoms with Gasteiger partial charge in [-0.15, -0.1) is 0 Å². The van der Waals surface area contributed by atoms with Gasteiger partial charge in [-0.05, 0) is 46.7 Å². The third-order valence-corrected chi connectivity index (χ3v) is 5.90. The van der Waals surface area contributed by atoms with Crippen molar-refractivity contribution in [2.24, 2.45) is 7.05 Å². The Morgan fingerprint density at radius 1 is 1.07 bits per heavy atom. The summed E-state index contributed by atoms with van der Waals surface area (Å²) in [6.45, 7) is 0. The van der Waals surface area contributed by atoms with Gasteiger partial charge in [0.05, 0.1) is 19.0 Å². The highest BCUT2D eigenvalue weighted by atomic mass is 79.9. The van der Waals surface area contributed by atoms with Gasteiger partial charge in [-0.2, -0.15) is 0 Å². The molecule has 0 fully saturated rings. The first-order valence-corrected chi connectivity index (χ1v) is 10.00. The van der Waals surface area contributed by atoms with Gasteiger partial charge in [0.1, 0.15) is 17.0 Å². The van der Waals surface area contributed by atoms with Crippen molar-refractivity contribution in [1.29, 1.82) is 5.41 Å². The number of ether oxygens (including phenoxy) is 2. The Labute approximate surface area is 176 Å². The number of halogens is 1. The molecule has 0 spiro atoms. The molecule has 1 aromatic heterocycles. The summed E-state index contributed by atoms with van der Waals surface area (Å²) in [4.78, 5) is 4.47. The minimum absolute atomic E-state index is 0.170. The molecule has 1 unspecified atom stereocenters. The number of hydrogen-bond donors (Lipinski definition) is 1. The highest BCUT2D eigenvalue weighted by molar-refractivity contribution is 9.10. The average Bonchev–Trinajstić information content (AvgIpc) is 2.75.